The Labute approximate surface area is 117 Å². The zero-order valence-electron chi connectivity index (χ0n) is 11.9. The normalized spacial score (nSPS) is 12.4. The van der Waals surface area contributed by atoms with Crippen LogP contribution >= 0.6 is 0 Å². The van der Waals surface area contributed by atoms with Crippen molar-refractivity contribution >= 4 is 0 Å². The van der Waals surface area contributed by atoms with E-state index in [1.807, 2.05) is 7.05 Å². The quantitative estimate of drug-likeness (QED) is 0.878. The zero-order chi connectivity index (χ0) is 14.5. The largest absolute Gasteiger partial charge is 0.493 e. The van der Waals surface area contributed by atoms with Gasteiger partial charge in [-0.3, -0.25) is 9.67 Å². The van der Waals surface area contributed by atoms with E-state index in [9.17, 15) is 4.39 Å². The maximum atomic E-state index is 14.1. The Morgan fingerprint density at radius 2 is 2.25 bits per heavy atom. The van der Waals surface area contributed by atoms with Crippen molar-refractivity contribution in [2.24, 2.45) is 7.05 Å². The summed E-state index contributed by atoms with van der Waals surface area (Å²) in [5.41, 5.74) is 1.33. The van der Waals surface area contributed by atoms with Crippen LogP contribution in [-0.2, 0) is 7.05 Å². The lowest BCUT2D eigenvalue weighted by atomic mass is 10.0. The van der Waals surface area contributed by atoms with Gasteiger partial charge in [-0.1, -0.05) is 6.92 Å². The molecule has 5 nitrogen and oxygen atoms in total. The summed E-state index contributed by atoms with van der Waals surface area (Å²) in [5, 5.41) is 7.52. The van der Waals surface area contributed by atoms with Gasteiger partial charge in [0.05, 0.1) is 25.5 Å². The van der Waals surface area contributed by atoms with E-state index in [-0.39, 0.29) is 11.9 Å². The molecule has 108 valence electrons. The fourth-order valence-corrected chi connectivity index (χ4v) is 2.18. The average Bonchev–Trinajstić information content (AvgIpc) is 2.82. The highest BCUT2D eigenvalue weighted by Crippen LogP contribution is 2.30. The number of rotatable bonds is 6. The van der Waals surface area contributed by atoms with Crippen molar-refractivity contribution in [1.29, 1.82) is 0 Å². The molecule has 0 saturated carbocycles. The molecule has 2 aromatic heterocycles. The third-order valence-electron chi connectivity index (χ3n) is 3.16. The summed E-state index contributed by atoms with van der Waals surface area (Å²) in [4.78, 5) is 3.80. The Kier molecular flexibility index (Phi) is 4.68. The van der Waals surface area contributed by atoms with Gasteiger partial charge in [0, 0.05) is 18.8 Å². The summed E-state index contributed by atoms with van der Waals surface area (Å²) < 4.78 is 21.1. The standard InChI is InChI=1S/C14H19FN4O/c1-4-6-17-13(10-5-7-16-8-11(10)15)14-12(20-3)9-18-19(14)2/h5,7-9,13,17H,4,6H2,1-3H3. The molecule has 0 amide bonds. The van der Waals surface area contributed by atoms with Gasteiger partial charge in [-0.15, -0.1) is 0 Å². The fourth-order valence-electron chi connectivity index (χ4n) is 2.18. The molecule has 0 radical (unpaired) electrons. The molecule has 20 heavy (non-hydrogen) atoms. The highest BCUT2D eigenvalue weighted by atomic mass is 19.1. The van der Waals surface area contributed by atoms with Crippen molar-refractivity contribution in [3.8, 4) is 5.75 Å². The SMILES string of the molecule is CCCNC(c1ccncc1F)c1c(OC)cnn1C. The Balaban J connectivity index is 2.47. The van der Waals surface area contributed by atoms with E-state index in [4.69, 9.17) is 4.74 Å². The lowest BCUT2D eigenvalue weighted by Crippen LogP contribution is -2.26. The number of methoxy groups -OCH3 is 1. The highest BCUT2D eigenvalue weighted by molar-refractivity contribution is 5.36. The van der Waals surface area contributed by atoms with Gasteiger partial charge >= 0.3 is 0 Å². The molecule has 1 atom stereocenters. The van der Waals surface area contributed by atoms with Crippen molar-refractivity contribution < 1.29 is 9.13 Å². The van der Waals surface area contributed by atoms with Crippen LogP contribution < -0.4 is 10.1 Å². The molecule has 2 rings (SSSR count). The molecule has 2 heterocycles. The second-order valence-corrected chi connectivity index (χ2v) is 4.51. The monoisotopic (exact) mass is 278 g/mol. The molecule has 1 N–H and O–H groups in total. The number of nitrogens with one attached hydrogen (secondary N) is 1. The molecule has 6 heteroatoms. The van der Waals surface area contributed by atoms with E-state index in [0.717, 1.165) is 18.7 Å². The Morgan fingerprint density at radius 3 is 2.90 bits per heavy atom. The second-order valence-electron chi connectivity index (χ2n) is 4.51. The Bertz CT molecular complexity index is 570. The van der Waals surface area contributed by atoms with Crippen LogP contribution in [0.2, 0.25) is 0 Å². The van der Waals surface area contributed by atoms with E-state index in [2.05, 4.69) is 22.3 Å². The van der Waals surface area contributed by atoms with Crippen LogP contribution in [0.5, 0.6) is 5.75 Å². The van der Waals surface area contributed by atoms with Crippen molar-refractivity contribution in [1.82, 2.24) is 20.1 Å². The van der Waals surface area contributed by atoms with Gasteiger partial charge in [-0.05, 0) is 19.0 Å². The van der Waals surface area contributed by atoms with Gasteiger partial charge in [0.1, 0.15) is 11.5 Å². The molecule has 0 saturated heterocycles. The maximum Gasteiger partial charge on any atom is 0.161 e. The first kappa shape index (κ1) is 14.5. The zero-order valence-corrected chi connectivity index (χ0v) is 11.9. The third kappa shape index (κ3) is 2.80. The summed E-state index contributed by atoms with van der Waals surface area (Å²) in [6.45, 7) is 2.83. The van der Waals surface area contributed by atoms with Crippen molar-refractivity contribution in [2.75, 3.05) is 13.7 Å². The van der Waals surface area contributed by atoms with E-state index in [1.54, 1.807) is 30.3 Å². The molecule has 0 bridgehead atoms. The van der Waals surface area contributed by atoms with Crippen LogP contribution in [0.3, 0.4) is 0 Å². The number of halogens is 1. The molecule has 0 aliphatic rings. The minimum absolute atomic E-state index is 0.319. The number of ether oxygens (including phenoxy) is 1. The summed E-state index contributed by atoms with van der Waals surface area (Å²) in [6, 6.07) is 1.36. The highest BCUT2D eigenvalue weighted by Gasteiger charge is 2.24. The van der Waals surface area contributed by atoms with Crippen LogP contribution in [0.25, 0.3) is 0 Å². The summed E-state index contributed by atoms with van der Waals surface area (Å²) in [6.07, 6.45) is 5.39. The average molecular weight is 278 g/mol. The van der Waals surface area contributed by atoms with E-state index in [1.165, 1.54) is 6.20 Å². The molecular formula is C14H19FN4O. The number of nitrogens with zero attached hydrogens (tertiary/aromatic N) is 3. The minimum atomic E-state index is -0.343. The molecule has 1 unspecified atom stereocenters. The molecule has 0 aliphatic carbocycles. The number of pyridine rings is 1. The number of aryl methyl sites for hydroxylation is 1. The Morgan fingerprint density at radius 1 is 1.45 bits per heavy atom. The topological polar surface area (TPSA) is 52.0 Å². The fraction of sp³-hybridized carbons (Fsp3) is 0.429. The first-order valence-electron chi connectivity index (χ1n) is 6.57. The van der Waals surface area contributed by atoms with Gasteiger partial charge in [-0.2, -0.15) is 5.10 Å². The number of aromatic nitrogens is 3. The van der Waals surface area contributed by atoms with Gasteiger partial charge in [0.25, 0.3) is 0 Å². The maximum absolute atomic E-state index is 14.1. The van der Waals surface area contributed by atoms with E-state index in [0.29, 0.717) is 11.3 Å². The lowest BCUT2D eigenvalue weighted by molar-refractivity contribution is 0.399. The number of hydrogen-bond donors (Lipinski definition) is 1. The summed E-state index contributed by atoms with van der Waals surface area (Å²) in [7, 11) is 3.40. The van der Waals surface area contributed by atoms with Crippen LogP contribution in [0.15, 0.2) is 24.7 Å². The molecule has 0 fully saturated rings. The van der Waals surface area contributed by atoms with Crippen molar-refractivity contribution in [2.45, 2.75) is 19.4 Å². The number of hydrogen-bond acceptors (Lipinski definition) is 4. The second kappa shape index (κ2) is 6.47. The van der Waals surface area contributed by atoms with Crippen molar-refractivity contribution in [3.05, 3.63) is 41.7 Å². The van der Waals surface area contributed by atoms with Gasteiger partial charge in [0.2, 0.25) is 0 Å². The predicted molar refractivity (Wildman–Crippen MR) is 74.1 cm³/mol. The molecule has 0 aromatic carbocycles. The summed E-state index contributed by atoms with van der Waals surface area (Å²) >= 11 is 0. The van der Waals surface area contributed by atoms with Crippen LogP contribution in [0.1, 0.15) is 30.6 Å². The van der Waals surface area contributed by atoms with Crippen LogP contribution in [0, 0.1) is 5.82 Å². The first-order chi connectivity index (χ1) is 9.69. The van der Waals surface area contributed by atoms with Crippen molar-refractivity contribution in [3.63, 3.8) is 0 Å². The van der Waals surface area contributed by atoms with Crippen LogP contribution in [-0.4, -0.2) is 28.4 Å². The third-order valence-corrected chi connectivity index (χ3v) is 3.16. The van der Waals surface area contributed by atoms with E-state index < -0.39 is 0 Å². The lowest BCUT2D eigenvalue weighted by Gasteiger charge is -2.20. The summed E-state index contributed by atoms with van der Waals surface area (Å²) in [5.74, 6) is 0.293. The molecular weight excluding hydrogens is 259 g/mol. The molecule has 2 aromatic rings. The smallest absolute Gasteiger partial charge is 0.161 e. The molecule has 0 aliphatic heterocycles. The molecule has 0 spiro atoms. The van der Waals surface area contributed by atoms with E-state index >= 15 is 0 Å². The van der Waals surface area contributed by atoms with Gasteiger partial charge in [0.15, 0.2) is 5.75 Å². The minimum Gasteiger partial charge on any atom is -0.493 e. The van der Waals surface area contributed by atoms with Crippen LogP contribution in [0.4, 0.5) is 4.39 Å². The predicted octanol–water partition coefficient (Wildman–Crippen LogP) is 2.05. The first-order valence-corrected chi connectivity index (χ1v) is 6.57. The van der Waals surface area contributed by atoms with Gasteiger partial charge < -0.3 is 10.1 Å². The van der Waals surface area contributed by atoms with Gasteiger partial charge in [-0.25, -0.2) is 4.39 Å². The Hall–Kier alpha value is -1.95.